The Morgan fingerprint density at radius 2 is 1.65 bits per heavy atom. The van der Waals surface area contributed by atoms with Crippen LogP contribution in [0.15, 0.2) is 48.5 Å². The zero-order valence-electron chi connectivity index (χ0n) is 16.1. The molecule has 0 unspecified atom stereocenters. The Labute approximate surface area is 156 Å². The molecule has 0 saturated carbocycles. The van der Waals surface area contributed by atoms with E-state index in [1.165, 1.54) is 0 Å². The molecule has 0 bridgehead atoms. The van der Waals surface area contributed by atoms with Crippen molar-refractivity contribution in [2.45, 2.75) is 34.1 Å². The van der Waals surface area contributed by atoms with Crippen molar-refractivity contribution in [2.75, 3.05) is 18.5 Å². The predicted molar refractivity (Wildman–Crippen MR) is 106 cm³/mol. The second kappa shape index (κ2) is 9.85. The fourth-order valence-corrected chi connectivity index (χ4v) is 2.24. The molecule has 0 heterocycles. The van der Waals surface area contributed by atoms with Crippen LogP contribution in [0, 0.1) is 11.8 Å². The van der Waals surface area contributed by atoms with E-state index in [4.69, 9.17) is 9.47 Å². The van der Waals surface area contributed by atoms with Gasteiger partial charge in [-0.1, -0.05) is 33.8 Å². The maximum absolute atomic E-state index is 12.4. The van der Waals surface area contributed by atoms with Crippen molar-refractivity contribution in [1.29, 1.82) is 0 Å². The van der Waals surface area contributed by atoms with Gasteiger partial charge in [-0.25, -0.2) is 0 Å². The Morgan fingerprint density at radius 3 is 2.31 bits per heavy atom. The van der Waals surface area contributed by atoms with Crippen molar-refractivity contribution in [3.63, 3.8) is 0 Å². The summed E-state index contributed by atoms with van der Waals surface area (Å²) < 4.78 is 11.4. The number of rotatable bonds is 9. The van der Waals surface area contributed by atoms with Gasteiger partial charge < -0.3 is 14.8 Å². The highest BCUT2D eigenvalue weighted by molar-refractivity contribution is 6.04. The molecular formula is C22H29NO3. The molecule has 140 valence electrons. The van der Waals surface area contributed by atoms with E-state index in [-0.39, 0.29) is 5.91 Å². The maximum atomic E-state index is 12.4. The minimum atomic E-state index is -0.153. The molecule has 0 aliphatic carbocycles. The number of carbonyl (C=O) groups excluding carboxylic acids is 1. The fraction of sp³-hybridized carbons (Fsp3) is 0.409. The second-order valence-electron chi connectivity index (χ2n) is 7.24. The first-order valence-corrected chi connectivity index (χ1v) is 9.21. The molecule has 0 spiro atoms. The van der Waals surface area contributed by atoms with Crippen LogP contribution in [0.1, 0.15) is 44.5 Å². The molecule has 0 radical (unpaired) electrons. The number of nitrogens with one attached hydrogen (secondary N) is 1. The molecule has 2 aromatic carbocycles. The molecule has 26 heavy (non-hydrogen) atoms. The van der Waals surface area contributed by atoms with Crippen LogP contribution in [-0.4, -0.2) is 19.1 Å². The topological polar surface area (TPSA) is 47.6 Å². The van der Waals surface area contributed by atoms with Gasteiger partial charge >= 0.3 is 0 Å². The number of carbonyl (C=O) groups is 1. The lowest BCUT2D eigenvalue weighted by atomic mass is 10.1. The molecule has 0 aromatic heterocycles. The summed E-state index contributed by atoms with van der Waals surface area (Å²) in [5.74, 6) is 2.45. The van der Waals surface area contributed by atoms with Crippen molar-refractivity contribution >= 4 is 11.6 Å². The van der Waals surface area contributed by atoms with Gasteiger partial charge in [0, 0.05) is 17.3 Å². The Hall–Kier alpha value is -2.49. The summed E-state index contributed by atoms with van der Waals surface area (Å²) in [4.78, 5) is 12.4. The van der Waals surface area contributed by atoms with Gasteiger partial charge in [0.15, 0.2) is 0 Å². The Kier molecular flexibility index (Phi) is 7.52. The molecule has 4 heteroatoms. The number of anilines is 1. The van der Waals surface area contributed by atoms with E-state index in [9.17, 15) is 4.79 Å². The van der Waals surface area contributed by atoms with Crippen molar-refractivity contribution in [1.82, 2.24) is 0 Å². The Balaban J connectivity index is 1.92. The normalized spacial score (nSPS) is 10.8. The summed E-state index contributed by atoms with van der Waals surface area (Å²) in [7, 11) is 0. The fourth-order valence-electron chi connectivity index (χ4n) is 2.24. The van der Waals surface area contributed by atoms with E-state index in [0.29, 0.717) is 36.3 Å². The average Bonchev–Trinajstić information content (AvgIpc) is 2.60. The summed E-state index contributed by atoms with van der Waals surface area (Å²) in [6, 6.07) is 14.7. The van der Waals surface area contributed by atoms with Crippen molar-refractivity contribution in [2.24, 2.45) is 11.8 Å². The lowest BCUT2D eigenvalue weighted by Crippen LogP contribution is -2.12. The lowest BCUT2D eigenvalue weighted by molar-refractivity contribution is 0.102. The smallest absolute Gasteiger partial charge is 0.255 e. The van der Waals surface area contributed by atoms with Crippen LogP contribution in [0.2, 0.25) is 0 Å². The molecule has 2 rings (SSSR count). The molecular weight excluding hydrogens is 326 g/mol. The molecule has 0 aliphatic heterocycles. The lowest BCUT2D eigenvalue weighted by Gasteiger charge is -2.11. The Morgan fingerprint density at radius 1 is 0.923 bits per heavy atom. The second-order valence-corrected chi connectivity index (χ2v) is 7.24. The number of ether oxygens (including phenoxy) is 2. The predicted octanol–water partition coefficient (Wildman–Crippen LogP) is 5.40. The van der Waals surface area contributed by atoms with E-state index in [1.807, 2.05) is 36.4 Å². The van der Waals surface area contributed by atoms with Gasteiger partial charge in [-0.3, -0.25) is 4.79 Å². The van der Waals surface area contributed by atoms with E-state index in [2.05, 4.69) is 33.0 Å². The molecule has 0 aliphatic rings. The molecule has 4 nitrogen and oxygen atoms in total. The van der Waals surface area contributed by atoms with Gasteiger partial charge in [0.05, 0.1) is 13.2 Å². The monoisotopic (exact) mass is 355 g/mol. The van der Waals surface area contributed by atoms with E-state index in [1.54, 1.807) is 12.1 Å². The molecule has 0 saturated heterocycles. The highest BCUT2D eigenvalue weighted by Gasteiger charge is 2.07. The van der Waals surface area contributed by atoms with Crippen molar-refractivity contribution in [3.05, 3.63) is 54.1 Å². The van der Waals surface area contributed by atoms with Gasteiger partial charge in [0.2, 0.25) is 0 Å². The summed E-state index contributed by atoms with van der Waals surface area (Å²) in [5, 5.41) is 2.90. The number of hydrogen-bond donors (Lipinski definition) is 1. The average molecular weight is 355 g/mol. The maximum Gasteiger partial charge on any atom is 0.255 e. The van der Waals surface area contributed by atoms with Gasteiger partial charge in [-0.15, -0.1) is 0 Å². The number of benzene rings is 2. The zero-order chi connectivity index (χ0) is 18.9. The van der Waals surface area contributed by atoms with Crippen LogP contribution in [0.5, 0.6) is 11.5 Å². The van der Waals surface area contributed by atoms with Gasteiger partial charge in [-0.05, 0) is 54.7 Å². The zero-order valence-corrected chi connectivity index (χ0v) is 16.1. The molecule has 2 aromatic rings. The van der Waals surface area contributed by atoms with Crippen LogP contribution in [0.4, 0.5) is 5.69 Å². The van der Waals surface area contributed by atoms with Crippen molar-refractivity contribution < 1.29 is 14.3 Å². The van der Waals surface area contributed by atoms with E-state index >= 15 is 0 Å². The summed E-state index contributed by atoms with van der Waals surface area (Å²) >= 11 is 0. The van der Waals surface area contributed by atoms with Crippen LogP contribution in [0.25, 0.3) is 0 Å². The minimum absolute atomic E-state index is 0.153. The Bertz CT molecular complexity index is 693. The summed E-state index contributed by atoms with van der Waals surface area (Å²) in [5.41, 5.74) is 1.31. The quantitative estimate of drug-likeness (QED) is 0.655. The molecule has 0 fully saturated rings. The molecule has 0 atom stereocenters. The number of hydrogen-bond acceptors (Lipinski definition) is 3. The van der Waals surface area contributed by atoms with Crippen LogP contribution >= 0.6 is 0 Å². The van der Waals surface area contributed by atoms with E-state index < -0.39 is 0 Å². The highest BCUT2D eigenvalue weighted by atomic mass is 16.5. The first-order valence-electron chi connectivity index (χ1n) is 9.21. The molecule has 1 N–H and O–H groups in total. The third-order valence-electron chi connectivity index (χ3n) is 3.76. The largest absolute Gasteiger partial charge is 0.494 e. The molecule has 1 amide bonds. The number of amides is 1. The standard InChI is InChI=1S/C22H29NO3/c1-16(2)12-13-25-20-10-8-18(9-11-20)22(24)23-19-6-5-7-21(14-19)26-15-17(3)4/h5-11,14,16-17H,12-13,15H2,1-4H3,(H,23,24). The van der Waals surface area contributed by atoms with Crippen LogP contribution in [-0.2, 0) is 0 Å². The van der Waals surface area contributed by atoms with Crippen LogP contribution in [0.3, 0.4) is 0 Å². The van der Waals surface area contributed by atoms with Crippen molar-refractivity contribution in [3.8, 4) is 11.5 Å². The van der Waals surface area contributed by atoms with Crippen LogP contribution < -0.4 is 14.8 Å². The summed E-state index contributed by atoms with van der Waals surface area (Å²) in [6.07, 6.45) is 1.01. The first kappa shape index (κ1) is 19.8. The van der Waals surface area contributed by atoms with E-state index in [0.717, 1.165) is 17.9 Å². The SMILES string of the molecule is CC(C)CCOc1ccc(C(=O)Nc2cccc(OCC(C)C)c2)cc1. The van der Waals surface area contributed by atoms with Gasteiger partial charge in [0.25, 0.3) is 5.91 Å². The first-order chi connectivity index (χ1) is 12.4. The third-order valence-corrected chi connectivity index (χ3v) is 3.76. The minimum Gasteiger partial charge on any atom is -0.494 e. The third kappa shape index (κ3) is 6.79. The van der Waals surface area contributed by atoms with Gasteiger partial charge in [-0.2, -0.15) is 0 Å². The van der Waals surface area contributed by atoms with Gasteiger partial charge in [0.1, 0.15) is 11.5 Å². The highest BCUT2D eigenvalue weighted by Crippen LogP contribution is 2.20. The summed E-state index contributed by atoms with van der Waals surface area (Å²) in [6.45, 7) is 9.87.